The number of carbonyl (C=O) groups excluding carboxylic acids is 5. The van der Waals surface area contributed by atoms with E-state index >= 15 is 0 Å². The molecular weight excluding hydrogens is 947 g/mol. The van der Waals surface area contributed by atoms with E-state index in [4.69, 9.17) is 44.8 Å². The summed E-state index contributed by atoms with van der Waals surface area (Å²) in [5.41, 5.74) is 2.30. The molecule has 2 fully saturated rings. The number of carbonyl (C=O) groups is 5. The van der Waals surface area contributed by atoms with E-state index in [2.05, 4.69) is 25.5 Å². The number of rotatable bonds is 28. The molecule has 2 N–H and O–H groups in total. The number of fused-ring (bicyclic) bond motifs is 2. The Bertz CT molecular complexity index is 2500. The first kappa shape index (κ1) is 52.7. The molecule has 0 bridgehead atoms. The molecule has 22 heteroatoms. The Labute approximate surface area is 415 Å². The molecule has 2 saturated heterocycles. The van der Waals surface area contributed by atoms with Crippen molar-refractivity contribution in [3.63, 3.8) is 0 Å². The zero-order valence-electron chi connectivity index (χ0n) is 40.0. The van der Waals surface area contributed by atoms with E-state index in [1.54, 1.807) is 37.4 Å². The quantitative estimate of drug-likeness (QED) is 0.0596. The normalized spacial score (nSPS) is 16.3. The lowest BCUT2D eigenvalue weighted by Gasteiger charge is -2.34. The van der Waals surface area contributed by atoms with Gasteiger partial charge in [-0.15, -0.1) is 0 Å². The zero-order valence-corrected chi connectivity index (χ0v) is 40.7. The lowest BCUT2D eigenvalue weighted by Crippen LogP contribution is -2.54. The summed E-state index contributed by atoms with van der Waals surface area (Å²) in [6, 6.07) is 11.8. The fourth-order valence-corrected chi connectivity index (χ4v) is 8.37. The summed E-state index contributed by atoms with van der Waals surface area (Å²) in [5.74, 6) is -0.803. The Hall–Kier alpha value is -6.07. The maximum absolute atomic E-state index is 13.7. The number of aromatic nitrogens is 2. The fourth-order valence-electron chi connectivity index (χ4n) is 8.19. The summed E-state index contributed by atoms with van der Waals surface area (Å²) in [6.07, 6.45) is 2.72. The van der Waals surface area contributed by atoms with Gasteiger partial charge >= 0.3 is 0 Å². The predicted octanol–water partition coefficient (Wildman–Crippen LogP) is 4.42. The van der Waals surface area contributed by atoms with Crippen molar-refractivity contribution in [2.75, 3.05) is 137 Å². The van der Waals surface area contributed by atoms with Crippen molar-refractivity contribution in [1.29, 1.82) is 0 Å². The van der Waals surface area contributed by atoms with Gasteiger partial charge in [-0.1, -0.05) is 11.6 Å². The van der Waals surface area contributed by atoms with Gasteiger partial charge in [-0.2, -0.15) is 0 Å². The van der Waals surface area contributed by atoms with Crippen LogP contribution in [-0.4, -0.2) is 191 Å². The second kappa shape index (κ2) is 26.4. The van der Waals surface area contributed by atoms with Gasteiger partial charge in [-0.05, 0) is 55.3 Å². The Morgan fingerprint density at radius 3 is 2.11 bits per heavy atom. The average molecular weight is 1010 g/mol. The van der Waals surface area contributed by atoms with Gasteiger partial charge in [-0.25, -0.2) is 14.4 Å². The molecule has 0 saturated carbocycles. The van der Waals surface area contributed by atoms with Gasteiger partial charge in [0.25, 0.3) is 17.7 Å². The van der Waals surface area contributed by atoms with Gasteiger partial charge in [0.15, 0.2) is 11.5 Å². The standard InChI is InChI=1S/C49H60ClFN8O12/c1-56-44(60)9-8-41(49(56)64)59-47(62)35-6-4-33(28-36(35)48(59)63)52-11-19-67-21-23-69-25-27-70-26-24-68-22-20-66-18-10-45(61)58-15-13-57(14-16-58)12-3-17-71-43-30-37-40(31-42(43)65-2)53-32-54-46(37)55-34-5-7-39(51)38(50)29-34/h4-7,28-32,41,52H,3,8-27H2,1-2H3,(H,53,54,55). The molecule has 3 aliphatic heterocycles. The van der Waals surface area contributed by atoms with Crippen molar-refractivity contribution in [2.24, 2.45) is 0 Å². The highest BCUT2D eigenvalue weighted by Gasteiger charge is 2.46. The van der Waals surface area contributed by atoms with E-state index < -0.39 is 29.6 Å². The maximum Gasteiger partial charge on any atom is 0.262 e. The van der Waals surface area contributed by atoms with Crippen LogP contribution in [0.1, 0.15) is 46.4 Å². The van der Waals surface area contributed by atoms with Crippen molar-refractivity contribution >= 4 is 69.2 Å². The maximum atomic E-state index is 13.7. The molecule has 0 radical (unpaired) electrons. The predicted molar refractivity (Wildman–Crippen MR) is 259 cm³/mol. The number of nitrogens with zero attached hydrogens (tertiary/aromatic N) is 6. The number of amides is 5. The summed E-state index contributed by atoms with van der Waals surface area (Å²) in [6.45, 7) is 8.44. The number of piperazine rings is 1. The van der Waals surface area contributed by atoms with E-state index in [1.165, 1.54) is 25.5 Å². The monoisotopic (exact) mass is 1010 g/mol. The first-order valence-corrected chi connectivity index (χ1v) is 24.0. The van der Waals surface area contributed by atoms with Gasteiger partial charge < -0.3 is 48.7 Å². The van der Waals surface area contributed by atoms with Gasteiger partial charge in [-0.3, -0.25) is 38.7 Å². The third-order valence-corrected chi connectivity index (χ3v) is 12.4. The van der Waals surface area contributed by atoms with Crippen LogP contribution in [0, 0.1) is 5.82 Å². The van der Waals surface area contributed by atoms with Crippen molar-refractivity contribution in [2.45, 2.75) is 31.7 Å². The zero-order chi connectivity index (χ0) is 50.1. The highest BCUT2D eigenvalue weighted by atomic mass is 35.5. The number of likely N-dealkylation sites (tertiary alicyclic amines) is 1. The minimum Gasteiger partial charge on any atom is -0.493 e. The SMILES string of the molecule is COc1cc2ncnc(Nc3ccc(F)c(Cl)c3)c2cc1OCCCN1CCN(C(=O)CCOCCOCCOCCOCCOCCNc2ccc3c(c2)C(=O)N(C2CCC(=O)N(C)C2=O)C3=O)CC1. The topological polar surface area (TPSA) is 213 Å². The second-order valence-corrected chi connectivity index (χ2v) is 17.2. The smallest absolute Gasteiger partial charge is 0.262 e. The number of imide groups is 2. The number of methoxy groups -OCH3 is 1. The molecule has 71 heavy (non-hydrogen) atoms. The Morgan fingerprint density at radius 1 is 0.761 bits per heavy atom. The number of benzene rings is 3. The first-order chi connectivity index (χ1) is 34.5. The van der Waals surface area contributed by atoms with Crippen molar-refractivity contribution < 1.29 is 61.5 Å². The molecule has 3 aromatic carbocycles. The van der Waals surface area contributed by atoms with Crippen LogP contribution >= 0.6 is 11.6 Å². The fraction of sp³-hybridized carbons (Fsp3) is 0.490. The van der Waals surface area contributed by atoms with Crippen LogP contribution in [0.2, 0.25) is 5.02 Å². The Morgan fingerprint density at radius 2 is 1.42 bits per heavy atom. The molecule has 3 aliphatic rings. The van der Waals surface area contributed by atoms with E-state index in [0.29, 0.717) is 138 Å². The number of piperidine rings is 1. The van der Waals surface area contributed by atoms with Gasteiger partial charge in [0.1, 0.15) is 24.0 Å². The van der Waals surface area contributed by atoms with Gasteiger partial charge in [0.2, 0.25) is 11.8 Å². The number of hydrogen-bond acceptors (Lipinski definition) is 17. The van der Waals surface area contributed by atoms with E-state index in [1.807, 2.05) is 11.0 Å². The number of nitrogens with one attached hydrogen (secondary N) is 2. The summed E-state index contributed by atoms with van der Waals surface area (Å²) < 4.78 is 53.4. The minimum atomic E-state index is -0.993. The molecule has 1 atom stereocenters. The lowest BCUT2D eigenvalue weighted by molar-refractivity contribution is -0.149. The summed E-state index contributed by atoms with van der Waals surface area (Å²) in [5, 5.41) is 7.06. The summed E-state index contributed by atoms with van der Waals surface area (Å²) in [7, 11) is 2.93. The molecule has 382 valence electrons. The number of hydrogen-bond donors (Lipinski definition) is 2. The molecule has 0 aliphatic carbocycles. The van der Waals surface area contributed by atoms with Crippen LogP contribution < -0.4 is 20.1 Å². The molecular formula is C49H60ClFN8O12. The molecule has 5 amide bonds. The lowest BCUT2D eigenvalue weighted by atomic mass is 10.0. The molecule has 1 aromatic heterocycles. The van der Waals surface area contributed by atoms with Crippen molar-refractivity contribution in [3.05, 3.63) is 76.8 Å². The van der Waals surface area contributed by atoms with E-state index in [0.717, 1.165) is 35.9 Å². The van der Waals surface area contributed by atoms with Crippen LogP contribution in [0.25, 0.3) is 10.9 Å². The van der Waals surface area contributed by atoms with Crippen molar-refractivity contribution in [3.8, 4) is 11.5 Å². The van der Waals surface area contributed by atoms with Crippen LogP contribution in [0.3, 0.4) is 0 Å². The molecule has 4 aromatic rings. The van der Waals surface area contributed by atoms with Crippen LogP contribution in [0.4, 0.5) is 21.6 Å². The van der Waals surface area contributed by atoms with Gasteiger partial charge in [0, 0.05) is 75.6 Å². The first-order valence-electron chi connectivity index (χ1n) is 23.6. The molecule has 20 nitrogen and oxygen atoms in total. The summed E-state index contributed by atoms with van der Waals surface area (Å²) >= 11 is 5.97. The molecule has 4 heterocycles. The minimum absolute atomic E-state index is 0.000827. The Kier molecular flexibility index (Phi) is 19.6. The summed E-state index contributed by atoms with van der Waals surface area (Å²) in [4.78, 5) is 78.3. The molecule has 1 unspecified atom stereocenters. The van der Waals surface area contributed by atoms with E-state index in [9.17, 15) is 28.4 Å². The number of halogens is 2. The van der Waals surface area contributed by atoms with Crippen LogP contribution in [0.5, 0.6) is 11.5 Å². The third kappa shape index (κ3) is 14.3. The molecule has 0 spiro atoms. The highest BCUT2D eigenvalue weighted by Crippen LogP contribution is 2.36. The highest BCUT2D eigenvalue weighted by molar-refractivity contribution is 6.31. The third-order valence-electron chi connectivity index (χ3n) is 12.1. The van der Waals surface area contributed by atoms with Gasteiger partial charge in [0.05, 0.1) is 108 Å². The second-order valence-electron chi connectivity index (χ2n) is 16.7. The number of likely N-dealkylation sites (N-methyl/N-ethyl adjacent to an activating group) is 1. The molecule has 7 rings (SSSR count). The Balaban J connectivity index is 0.649. The van der Waals surface area contributed by atoms with E-state index in [-0.39, 0.29) is 40.8 Å². The van der Waals surface area contributed by atoms with Crippen LogP contribution in [-0.2, 0) is 38.1 Å². The largest absolute Gasteiger partial charge is 0.493 e. The van der Waals surface area contributed by atoms with Crippen LogP contribution in [0.15, 0.2) is 54.9 Å². The number of anilines is 3. The number of ether oxygens (including phenoxy) is 7. The van der Waals surface area contributed by atoms with Crippen molar-refractivity contribution in [1.82, 2.24) is 29.6 Å². The average Bonchev–Trinajstić information content (AvgIpc) is 3.62.